The normalized spacial score (nSPS) is 37.1. The molecule has 0 amide bonds. The zero-order chi connectivity index (χ0) is 14.4. The van der Waals surface area contributed by atoms with E-state index in [2.05, 4.69) is 19.9 Å². The Kier molecular flexibility index (Phi) is 5.90. The lowest BCUT2D eigenvalue weighted by Gasteiger charge is -2.48. The molecule has 2 fully saturated rings. The number of nitriles is 1. The van der Waals surface area contributed by atoms with E-state index in [0.29, 0.717) is 12.0 Å². The largest absolute Gasteiger partial charge is 0.378 e. The van der Waals surface area contributed by atoms with Gasteiger partial charge in [0, 0.05) is 6.61 Å². The first-order valence-corrected chi connectivity index (χ1v) is 8.78. The van der Waals surface area contributed by atoms with E-state index < -0.39 is 0 Å². The van der Waals surface area contributed by atoms with Crippen LogP contribution in [0.15, 0.2) is 0 Å². The molecule has 2 nitrogen and oxygen atoms in total. The monoisotopic (exact) mass is 277 g/mol. The first kappa shape index (κ1) is 15.8. The lowest BCUT2D eigenvalue weighted by Crippen LogP contribution is -2.43. The maximum atomic E-state index is 9.82. The van der Waals surface area contributed by atoms with Gasteiger partial charge in [0.15, 0.2) is 0 Å². The second-order valence-electron chi connectivity index (χ2n) is 6.94. The van der Waals surface area contributed by atoms with Crippen molar-refractivity contribution in [2.45, 2.75) is 84.2 Å². The molecular formula is C18H31NO. The van der Waals surface area contributed by atoms with Crippen LogP contribution in [-0.4, -0.2) is 12.7 Å². The van der Waals surface area contributed by atoms with Gasteiger partial charge < -0.3 is 4.74 Å². The highest BCUT2D eigenvalue weighted by molar-refractivity contribution is 5.08. The highest BCUT2D eigenvalue weighted by Gasteiger charge is 2.47. The number of rotatable bonds is 6. The van der Waals surface area contributed by atoms with E-state index in [1.807, 2.05) is 0 Å². The predicted octanol–water partition coefficient (Wildman–Crippen LogP) is 5.08. The van der Waals surface area contributed by atoms with Crippen molar-refractivity contribution in [1.82, 2.24) is 0 Å². The number of fused-ring (bicyclic) bond motifs is 1. The van der Waals surface area contributed by atoms with Crippen LogP contribution in [0, 0.1) is 28.6 Å². The van der Waals surface area contributed by atoms with Gasteiger partial charge in [0.05, 0.1) is 17.6 Å². The minimum absolute atomic E-state index is 0.0372. The Morgan fingerprint density at radius 3 is 2.75 bits per heavy atom. The molecule has 0 aromatic heterocycles. The molecule has 0 heterocycles. The summed E-state index contributed by atoms with van der Waals surface area (Å²) in [4.78, 5) is 0. The molecule has 2 saturated carbocycles. The van der Waals surface area contributed by atoms with Crippen LogP contribution < -0.4 is 0 Å². The summed E-state index contributed by atoms with van der Waals surface area (Å²) in [6.45, 7) is 5.34. The predicted molar refractivity (Wildman–Crippen MR) is 82.3 cm³/mol. The van der Waals surface area contributed by atoms with Crippen molar-refractivity contribution in [3.05, 3.63) is 0 Å². The van der Waals surface area contributed by atoms with E-state index >= 15 is 0 Å². The summed E-state index contributed by atoms with van der Waals surface area (Å²) < 4.78 is 6.08. The molecule has 0 N–H and O–H groups in total. The van der Waals surface area contributed by atoms with E-state index in [1.165, 1.54) is 38.5 Å². The highest BCUT2D eigenvalue weighted by atomic mass is 16.5. The van der Waals surface area contributed by atoms with Gasteiger partial charge in [-0.05, 0) is 50.4 Å². The number of unbranched alkanes of at least 4 members (excludes halogenated alkanes) is 1. The Bertz CT molecular complexity index is 329. The standard InChI is InChI=1S/C18H31NO/c1-3-5-12-20-16-9-8-15-7-6-11-18(14-19,10-4-2)17(15)13-16/h15-17H,3-13H2,1-2H3/t15-,16+,17+,18?/m0/s1. The molecule has 0 saturated heterocycles. The second kappa shape index (κ2) is 7.46. The van der Waals surface area contributed by atoms with Crippen LogP contribution in [0.3, 0.4) is 0 Å². The van der Waals surface area contributed by atoms with Crippen molar-refractivity contribution in [3.8, 4) is 6.07 Å². The summed E-state index contributed by atoms with van der Waals surface area (Å²) in [5, 5.41) is 9.82. The lowest BCUT2D eigenvalue weighted by atomic mass is 9.56. The third-order valence-corrected chi connectivity index (χ3v) is 5.62. The van der Waals surface area contributed by atoms with Crippen LogP contribution in [0.2, 0.25) is 0 Å². The van der Waals surface area contributed by atoms with Gasteiger partial charge in [0.25, 0.3) is 0 Å². The van der Waals surface area contributed by atoms with Crippen molar-refractivity contribution >= 4 is 0 Å². The summed E-state index contributed by atoms with van der Waals surface area (Å²) >= 11 is 0. The minimum Gasteiger partial charge on any atom is -0.378 e. The fourth-order valence-corrected chi connectivity index (χ4v) is 4.58. The third-order valence-electron chi connectivity index (χ3n) is 5.62. The summed E-state index contributed by atoms with van der Waals surface area (Å²) in [6, 6.07) is 2.75. The molecule has 0 radical (unpaired) electrons. The smallest absolute Gasteiger partial charge is 0.0692 e. The average Bonchev–Trinajstić information content (AvgIpc) is 2.48. The molecule has 2 rings (SSSR count). The van der Waals surface area contributed by atoms with Crippen LogP contribution in [0.1, 0.15) is 78.1 Å². The number of nitrogens with zero attached hydrogens (tertiary/aromatic N) is 1. The van der Waals surface area contributed by atoms with Gasteiger partial charge in [-0.25, -0.2) is 0 Å². The molecule has 4 atom stereocenters. The van der Waals surface area contributed by atoms with Crippen LogP contribution in [0.25, 0.3) is 0 Å². The minimum atomic E-state index is -0.0372. The summed E-state index contributed by atoms with van der Waals surface area (Å²) in [5.41, 5.74) is -0.0372. The van der Waals surface area contributed by atoms with Crippen LogP contribution in [-0.2, 0) is 4.74 Å². The van der Waals surface area contributed by atoms with Crippen molar-refractivity contribution < 1.29 is 4.74 Å². The molecule has 0 bridgehead atoms. The highest BCUT2D eigenvalue weighted by Crippen LogP contribution is 2.53. The van der Waals surface area contributed by atoms with Crippen LogP contribution in [0.5, 0.6) is 0 Å². The van der Waals surface area contributed by atoms with Crippen molar-refractivity contribution in [2.75, 3.05) is 6.61 Å². The second-order valence-corrected chi connectivity index (χ2v) is 6.94. The van der Waals surface area contributed by atoms with E-state index in [4.69, 9.17) is 4.74 Å². The molecule has 20 heavy (non-hydrogen) atoms. The fraction of sp³-hybridized carbons (Fsp3) is 0.944. The van der Waals surface area contributed by atoms with Gasteiger partial charge in [-0.3, -0.25) is 0 Å². The number of ether oxygens (including phenoxy) is 1. The maximum absolute atomic E-state index is 9.82. The molecule has 2 aliphatic rings. The van der Waals surface area contributed by atoms with Crippen LogP contribution >= 0.6 is 0 Å². The summed E-state index contributed by atoms with van der Waals surface area (Å²) in [5.74, 6) is 1.39. The Hall–Kier alpha value is -0.550. The Morgan fingerprint density at radius 2 is 2.05 bits per heavy atom. The summed E-state index contributed by atoms with van der Waals surface area (Å²) in [7, 11) is 0. The Labute approximate surface area is 124 Å². The first-order chi connectivity index (χ1) is 9.75. The van der Waals surface area contributed by atoms with Gasteiger partial charge in [0.1, 0.15) is 0 Å². The van der Waals surface area contributed by atoms with Gasteiger partial charge in [-0.15, -0.1) is 0 Å². The topological polar surface area (TPSA) is 33.0 Å². The van der Waals surface area contributed by atoms with Crippen LogP contribution in [0.4, 0.5) is 0 Å². The molecule has 0 aromatic rings. The number of hydrogen-bond donors (Lipinski definition) is 0. The average molecular weight is 277 g/mol. The SMILES string of the molecule is CCCCO[C@@H]1CC[C@@H]2CCCC(C#N)(CCC)[C@@H]2C1. The molecule has 0 spiro atoms. The van der Waals surface area contributed by atoms with Crippen molar-refractivity contribution in [1.29, 1.82) is 5.26 Å². The Balaban J connectivity index is 2.01. The van der Waals surface area contributed by atoms with E-state index in [9.17, 15) is 5.26 Å². The first-order valence-electron chi connectivity index (χ1n) is 8.78. The summed E-state index contributed by atoms with van der Waals surface area (Å²) in [6.07, 6.45) is 12.4. The Morgan fingerprint density at radius 1 is 1.20 bits per heavy atom. The molecule has 0 aromatic carbocycles. The van der Waals surface area contributed by atoms with E-state index in [-0.39, 0.29) is 5.41 Å². The van der Waals surface area contributed by atoms with E-state index in [0.717, 1.165) is 38.2 Å². The molecule has 2 heteroatoms. The van der Waals surface area contributed by atoms with Gasteiger partial charge in [-0.2, -0.15) is 5.26 Å². The molecule has 1 unspecified atom stereocenters. The third kappa shape index (κ3) is 3.37. The zero-order valence-corrected chi connectivity index (χ0v) is 13.4. The van der Waals surface area contributed by atoms with Crippen molar-refractivity contribution in [3.63, 3.8) is 0 Å². The fourth-order valence-electron chi connectivity index (χ4n) is 4.58. The van der Waals surface area contributed by atoms with Crippen molar-refractivity contribution in [2.24, 2.45) is 17.3 Å². The molecule has 2 aliphatic carbocycles. The lowest BCUT2D eigenvalue weighted by molar-refractivity contribution is -0.0485. The molecular weight excluding hydrogens is 246 g/mol. The number of hydrogen-bond acceptors (Lipinski definition) is 2. The zero-order valence-electron chi connectivity index (χ0n) is 13.4. The molecule has 114 valence electrons. The maximum Gasteiger partial charge on any atom is 0.0692 e. The molecule has 0 aliphatic heterocycles. The van der Waals surface area contributed by atoms with Gasteiger partial charge in [0.2, 0.25) is 0 Å². The van der Waals surface area contributed by atoms with E-state index in [1.54, 1.807) is 0 Å². The van der Waals surface area contributed by atoms with Gasteiger partial charge >= 0.3 is 0 Å². The van der Waals surface area contributed by atoms with Gasteiger partial charge in [-0.1, -0.05) is 39.5 Å². The quantitative estimate of drug-likeness (QED) is 0.634.